The predicted octanol–water partition coefficient (Wildman–Crippen LogP) is 3.53. The standard InChI is InChI=1S/C13H7ClF3NO3/c1-21-12-6(14)3-2-5(9(12)16)11-10(17)7(15)4-8(18-11)13(19)20/h2-4H,1H3,(H,19,20). The van der Waals surface area contributed by atoms with Crippen molar-refractivity contribution >= 4 is 17.6 Å². The van der Waals surface area contributed by atoms with Crippen molar-refractivity contribution in [2.75, 3.05) is 7.11 Å². The summed E-state index contributed by atoms with van der Waals surface area (Å²) in [5.74, 6) is -5.94. The Hall–Kier alpha value is -2.28. The molecule has 0 unspecified atom stereocenters. The molecule has 1 aromatic heterocycles. The Morgan fingerprint density at radius 3 is 2.52 bits per heavy atom. The zero-order chi connectivity index (χ0) is 15.7. The van der Waals surface area contributed by atoms with E-state index in [9.17, 15) is 18.0 Å². The van der Waals surface area contributed by atoms with Crippen molar-refractivity contribution in [1.29, 1.82) is 0 Å². The number of carboxylic acid groups (broad SMARTS) is 1. The molecule has 0 aliphatic heterocycles. The molecule has 4 nitrogen and oxygen atoms in total. The average Bonchev–Trinajstić information content (AvgIpc) is 2.43. The zero-order valence-electron chi connectivity index (χ0n) is 10.5. The lowest BCUT2D eigenvalue weighted by atomic mass is 10.1. The number of benzene rings is 1. The summed E-state index contributed by atoms with van der Waals surface area (Å²) in [5.41, 5.74) is -1.99. The molecule has 0 fully saturated rings. The van der Waals surface area contributed by atoms with E-state index in [1.54, 1.807) is 0 Å². The number of halogens is 4. The second-order valence-electron chi connectivity index (χ2n) is 3.90. The highest BCUT2D eigenvalue weighted by molar-refractivity contribution is 6.32. The molecule has 110 valence electrons. The first kappa shape index (κ1) is 15.1. The van der Waals surface area contributed by atoms with Crippen LogP contribution in [0.5, 0.6) is 5.75 Å². The fraction of sp³-hybridized carbons (Fsp3) is 0.0769. The Balaban J connectivity index is 2.75. The number of methoxy groups -OCH3 is 1. The van der Waals surface area contributed by atoms with Crippen molar-refractivity contribution < 1.29 is 27.8 Å². The van der Waals surface area contributed by atoms with Crippen LogP contribution >= 0.6 is 11.6 Å². The predicted molar refractivity (Wildman–Crippen MR) is 68.1 cm³/mol. The van der Waals surface area contributed by atoms with Crippen molar-refractivity contribution in [2.45, 2.75) is 0 Å². The third-order valence-corrected chi connectivity index (χ3v) is 2.94. The molecule has 0 amide bonds. The first-order valence-electron chi connectivity index (χ1n) is 5.48. The number of ether oxygens (including phenoxy) is 1. The van der Waals surface area contributed by atoms with Crippen LogP contribution < -0.4 is 4.74 Å². The molecule has 0 bridgehead atoms. The van der Waals surface area contributed by atoms with Gasteiger partial charge in [0.15, 0.2) is 28.9 Å². The molecule has 21 heavy (non-hydrogen) atoms. The number of pyridine rings is 1. The van der Waals surface area contributed by atoms with Crippen molar-refractivity contribution in [3.05, 3.63) is 46.4 Å². The van der Waals surface area contributed by atoms with Crippen LogP contribution in [0.15, 0.2) is 18.2 Å². The van der Waals surface area contributed by atoms with E-state index in [4.69, 9.17) is 21.4 Å². The molecule has 1 heterocycles. The number of aromatic nitrogens is 1. The number of carboxylic acids is 1. The van der Waals surface area contributed by atoms with Crippen molar-refractivity contribution in [2.24, 2.45) is 0 Å². The van der Waals surface area contributed by atoms with Crippen LogP contribution in [0.25, 0.3) is 11.3 Å². The maximum Gasteiger partial charge on any atom is 0.354 e. The topological polar surface area (TPSA) is 59.4 Å². The Labute approximate surface area is 121 Å². The molecule has 0 spiro atoms. The van der Waals surface area contributed by atoms with Gasteiger partial charge in [-0.15, -0.1) is 0 Å². The second-order valence-corrected chi connectivity index (χ2v) is 4.31. The van der Waals surface area contributed by atoms with Gasteiger partial charge in [0.25, 0.3) is 0 Å². The van der Waals surface area contributed by atoms with E-state index in [0.717, 1.165) is 13.2 Å². The zero-order valence-corrected chi connectivity index (χ0v) is 11.2. The van der Waals surface area contributed by atoms with Gasteiger partial charge < -0.3 is 9.84 Å². The van der Waals surface area contributed by atoms with Crippen molar-refractivity contribution in [1.82, 2.24) is 4.98 Å². The van der Waals surface area contributed by atoms with Gasteiger partial charge in [-0.25, -0.2) is 22.9 Å². The maximum atomic E-state index is 14.2. The monoisotopic (exact) mass is 317 g/mol. The van der Waals surface area contributed by atoms with Gasteiger partial charge >= 0.3 is 5.97 Å². The van der Waals surface area contributed by atoms with Gasteiger partial charge in [0, 0.05) is 11.6 Å². The Kier molecular flexibility index (Phi) is 4.04. The normalized spacial score (nSPS) is 10.5. The van der Waals surface area contributed by atoms with Crippen LogP contribution in [-0.2, 0) is 0 Å². The van der Waals surface area contributed by atoms with Crippen LogP contribution in [0, 0.1) is 17.5 Å². The van der Waals surface area contributed by atoms with Gasteiger partial charge in [0.1, 0.15) is 5.69 Å². The molecule has 0 radical (unpaired) electrons. The van der Waals surface area contributed by atoms with Crippen LogP contribution in [0.4, 0.5) is 13.2 Å². The Bertz CT molecular complexity index is 737. The molecule has 1 N–H and O–H groups in total. The lowest BCUT2D eigenvalue weighted by Crippen LogP contribution is -2.06. The SMILES string of the molecule is COc1c(Cl)ccc(-c2nc(C(=O)O)cc(F)c2F)c1F. The third-order valence-electron chi connectivity index (χ3n) is 2.64. The summed E-state index contributed by atoms with van der Waals surface area (Å²) in [6, 6.07) is 2.66. The van der Waals surface area contributed by atoms with E-state index in [1.807, 2.05) is 0 Å². The lowest BCUT2D eigenvalue weighted by molar-refractivity contribution is 0.0689. The van der Waals surface area contributed by atoms with Gasteiger partial charge in [-0.05, 0) is 12.1 Å². The fourth-order valence-electron chi connectivity index (χ4n) is 1.69. The van der Waals surface area contributed by atoms with Crippen LogP contribution in [0.3, 0.4) is 0 Å². The lowest BCUT2D eigenvalue weighted by Gasteiger charge is -2.10. The number of carbonyl (C=O) groups is 1. The number of nitrogens with zero attached hydrogens (tertiary/aromatic N) is 1. The minimum Gasteiger partial charge on any atom is -0.492 e. The summed E-state index contributed by atoms with van der Waals surface area (Å²) in [6.45, 7) is 0. The van der Waals surface area contributed by atoms with Gasteiger partial charge in [-0.2, -0.15) is 0 Å². The first-order chi connectivity index (χ1) is 9.86. The Morgan fingerprint density at radius 2 is 1.95 bits per heavy atom. The van der Waals surface area contributed by atoms with Crippen LogP contribution in [-0.4, -0.2) is 23.2 Å². The number of hydrogen-bond acceptors (Lipinski definition) is 3. The van der Waals surface area contributed by atoms with E-state index in [2.05, 4.69) is 4.98 Å². The number of rotatable bonds is 3. The molecule has 8 heteroatoms. The summed E-state index contributed by atoms with van der Waals surface area (Å²) in [7, 11) is 1.14. The summed E-state index contributed by atoms with van der Waals surface area (Å²) in [4.78, 5) is 14.2. The van der Waals surface area contributed by atoms with E-state index in [1.165, 1.54) is 6.07 Å². The van der Waals surface area contributed by atoms with Crippen molar-refractivity contribution in [3.63, 3.8) is 0 Å². The Morgan fingerprint density at radius 1 is 1.29 bits per heavy atom. The van der Waals surface area contributed by atoms with Gasteiger partial charge in [0.05, 0.1) is 12.1 Å². The summed E-state index contributed by atoms with van der Waals surface area (Å²) in [5, 5.41) is 8.72. The van der Waals surface area contributed by atoms with E-state index in [-0.39, 0.29) is 10.8 Å². The van der Waals surface area contributed by atoms with Crippen LogP contribution in [0.2, 0.25) is 5.02 Å². The third kappa shape index (κ3) is 2.64. The van der Waals surface area contributed by atoms with E-state index in [0.29, 0.717) is 6.07 Å². The van der Waals surface area contributed by atoms with Gasteiger partial charge in [-0.3, -0.25) is 0 Å². The molecule has 1 aromatic carbocycles. The molecule has 0 aliphatic carbocycles. The molecule has 2 aromatic rings. The highest BCUT2D eigenvalue weighted by Crippen LogP contribution is 2.35. The van der Waals surface area contributed by atoms with E-state index < -0.39 is 40.4 Å². The molecular weight excluding hydrogens is 311 g/mol. The fourth-order valence-corrected chi connectivity index (χ4v) is 1.91. The van der Waals surface area contributed by atoms with E-state index >= 15 is 0 Å². The molecule has 0 aliphatic rings. The smallest absolute Gasteiger partial charge is 0.354 e. The first-order valence-corrected chi connectivity index (χ1v) is 5.86. The number of aromatic carboxylic acids is 1. The quantitative estimate of drug-likeness (QED) is 0.941. The van der Waals surface area contributed by atoms with Crippen LogP contribution in [0.1, 0.15) is 10.5 Å². The largest absolute Gasteiger partial charge is 0.492 e. The van der Waals surface area contributed by atoms with Crippen molar-refractivity contribution in [3.8, 4) is 17.0 Å². The molecular formula is C13H7ClF3NO3. The maximum absolute atomic E-state index is 14.2. The highest BCUT2D eigenvalue weighted by Gasteiger charge is 2.22. The molecule has 0 saturated carbocycles. The number of hydrogen-bond donors (Lipinski definition) is 1. The molecule has 0 saturated heterocycles. The summed E-state index contributed by atoms with van der Waals surface area (Å²) in [6.07, 6.45) is 0. The van der Waals surface area contributed by atoms with Gasteiger partial charge in [0.2, 0.25) is 0 Å². The minimum absolute atomic E-state index is 0.0750. The second kappa shape index (κ2) is 5.61. The molecule has 2 rings (SSSR count). The highest BCUT2D eigenvalue weighted by atomic mass is 35.5. The minimum atomic E-state index is -1.57. The summed E-state index contributed by atoms with van der Waals surface area (Å²) < 4.78 is 46.1. The van der Waals surface area contributed by atoms with Gasteiger partial charge in [-0.1, -0.05) is 11.6 Å². The average molecular weight is 318 g/mol. The molecule has 0 atom stereocenters. The summed E-state index contributed by atoms with van der Waals surface area (Å²) >= 11 is 5.69.